The first-order valence-electron chi connectivity index (χ1n) is 6.84. The molecular weight excluding hydrogens is 216 g/mol. The fraction of sp³-hybridized carbons (Fsp3) is 1.00. The summed E-state index contributed by atoms with van der Waals surface area (Å²) in [5.74, 6) is 0.612. The highest BCUT2D eigenvalue weighted by Gasteiger charge is 2.26. The number of ether oxygens (including phenoxy) is 2. The number of hydrogen-bond donors (Lipinski definition) is 1. The van der Waals surface area contributed by atoms with Crippen LogP contribution in [-0.4, -0.2) is 64.1 Å². The van der Waals surface area contributed by atoms with Gasteiger partial charge in [0, 0.05) is 38.8 Å². The molecule has 0 aromatic rings. The first-order valence-corrected chi connectivity index (χ1v) is 6.84. The molecule has 1 saturated heterocycles. The lowest BCUT2D eigenvalue weighted by Crippen LogP contribution is -2.48. The summed E-state index contributed by atoms with van der Waals surface area (Å²) in [6, 6.07) is 0.616. The molecule has 0 saturated carbocycles. The van der Waals surface area contributed by atoms with E-state index >= 15 is 0 Å². The maximum atomic E-state index is 5.61. The highest BCUT2D eigenvalue weighted by molar-refractivity contribution is 4.81. The molecule has 0 bridgehead atoms. The minimum absolute atomic E-state index is 0.612. The monoisotopic (exact) mass is 244 g/mol. The highest BCUT2D eigenvalue weighted by atomic mass is 16.5. The van der Waals surface area contributed by atoms with Crippen LogP contribution in [0.3, 0.4) is 0 Å². The van der Waals surface area contributed by atoms with Gasteiger partial charge in [0.1, 0.15) is 0 Å². The van der Waals surface area contributed by atoms with Crippen LogP contribution in [0.1, 0.15) is 20.3 Å². The predicted molar refractivity (Wildman–Crippen MR) is 70.4 cm³/mol. The zero-order chi connectivity index (χ0) is 12.5. The molecular formula is C13H28N2O2. The Hall–Kier alpha value is -0.160. The lowest BCUT2D eigenvalue weighted by Gasteiger charge is -2.35. The molecule has 0 spiro atoms. The van der Waals surface area contributed by atoms with Crippen LogP contribution in [0.25, 0.3) is 0 Å². The van der Waals surface area contributed by atoms with Gasteiger partial charge in [0.2, 0.25) is 0 Å². The number of rotatable bonds is 8. The second kappa shape index (κ2) is 8.86. The highest BCUT2D eigenvalue weighted by Crippen LogP contribution is 2.16. The molecule has 1 N–H and O–H groups in total. The lowest BCUT2D eigenvalue weighted by molar-refractivity contribution is 0.0145. The van der Waals surface area contributed by atoms with Gasteiger partial charge in [-0.1, -0.05) is 13.8 Å². The maximum absolute atomic E-state index is 5.61. The summed E-state index contributed by atoms with van der Waals surface area (Å²) in [5.41, 5.74) is 0. The van der Waals surface area contributed by atoms with Gasteiger partial charge in [0.05, 0.1) is 13.2 Å². The van der Waals surface area contributed by atoms with Gasteiger partial charge < -0.3 is 19.7 Å². The Morgan fingerprint density at radius 3 is 2.88 bits per heavy atom. The summed E-state index contributed by atoms with van der Waals surface area (Å²) in [5, 5.41) is 3.58. The largest absolute Gasteiger partial charge is 0.383 e. The van der Waals surface area contributed by atoms with E-state index in [4.69, 9.17) is 9.47 Å². The smallest absolute Gasteiger partial charge is 0.0589 e. The number of methoxy groups -OCH3 is 1. The Labute approximate surface area is 106 Å². The molecule has 102 valence electrons. The van der Waals surface area contributed by atoms with Crippen molar-refractivity contribution >= 4 is 0 Å². The average molecular weight is 244 g/mol. The van der Waals surface area contributed by atoms with E-state index in [-0.39, 0.29) is 0 Å². The van der Waals surface area contributed by atoms with Gasteiger partial charge in [-0.15, -0.1) is 0 Å². The van der Waals surface area contributed by atoms with E-state index in [1.54, 1.807) is 7.11 Å². The fourth-order valence-electron chi connectivity index (χ4n) is 2.44. The van der Waals surface area contributed by atoms with Crippen LogP contribution >= 0.6 is 0 Å². The molecule has 1 rings (SSSR count). The van der Waals surface area contributed by atoms with E-state index in [1.807, 2.05) is 0 Å². The fourth-order valence-corrected chi connectivity index (χ4v) is 2.44. The van der Waals surface area contributed by atoms with Gasteiger partial charge in [0.15, 0.2) is 0 Å². The van der Waals surface area contributed by atoms with E-state index in [9.17, 15) is 0 Å². The van der Waals surface area contributed by atoms with Crippen LogP contribution in [0.5, 0.6) is 0 Å². The first-order chi connectivity index (χ1) is 8.31. The van der Waals surface area contributed by atoms with Gasteiger partial charge in [-0.2, -0.15) is 0 Å². The molecule has 0 amide bonds. The van der Waals surface area contributed by atoms with E-state index < -0.39 is 0 Å². The molecule has 0 aromatic carbocycles. The first kappa shape index (κ1) is 14.9. The molecule has 4 nitrogen and oxygen atoms in total. The molecule has 17 heavy (non-hydrogen) atoms. The van der Waals surface area contributed by atoms with Gasteiger partial charge in [-0.05, 0) is 19.5 Å². The molecule has 1 heterocycles. The molecule has 4 heteroatoms. The second-order valence-corrected chi connectivity index (χ2v) is 4.67. The third-order valence-electron chi connectivity index (χ3n) is 3.49. The molecule has 2 atom stereocenters. The average Bonchev–Trinajstić information content (AvgIpc) is 2.36. The van der Waals surface area contributed by atoms with Crippen molar-refractivity contribution in [2.45, 2.75) is 26.3 Å². The van der Waals surface area contributed by atoms with Crippen molar-refractivity contribution in [1.29, 1.82) is 0 Å². The Balaban J connectivity index is 2.38. The van der Waals surface area contributed by atoms with Crippen LogP contribution in [0, 0.1) is 5.92 Å². The van der Waals surface area contributed by atoms with E-state index in [1.165, 1.54) is 0 Å². The zero-order valence-electron chi connectivity index (χ0n) is 11.6. The molecule has 1 aliphatic heterocycles. The summed E-state index contributed by atoms with van der Waals surface area (Å²) < 4.78 is 10.8. The SMILES string of the molecule is CCNC1CCOCC1CN(CC)CCOC. The van der Waals surface area contributed by atoms with Crippen LogP contribution in [-0.2, 0) is 9.47 Å². The minimum atomic E-state index is 0.612. The van der Waals surface area contributed by atoms with Crippen molar-refractivity contribution in [1.82, 2.24) is 10.2 Å². The second-order valence-electron chi connectivity index (χ2n) is 4.67. The summed E-state index contributed by atoms with van der Waals surface area (Å²) in [6.07, 6.45) is 1.14. The van der Waals surface area contributed by atoms with Gasteiger partial charge in [-0.25, -0.2) is 0 Å². The van der Waals surface area contributed by atoms with Crippen molar-refractivity contribution in [2.75, 3.05) is 53.1 Å². The Kier molecular flexibility index (Phi) is 7.77. The molecule has 0 radical (unpaired) electrons. The molecule has 2 unspecified atom stereocenters. The van der Waals surface area contributed by atoms with Crippen molar-refractivity contribution < 1.29 is 9.47 Å². The van der Waals surface area contributed by atoms with Gasteiger partial charge in [-0.3, -0.25) is 0 Å². The Morgan fingerprint density at radius 2 is 2.24 bits per heavy atom. The third kappa shape index (κ3) is 5.34. The van der Waals surface area contributed by atoms with Gasteiger partial charge in [0.25, 0.3) is 0 Å². The summed E-state index contributed by atoms with van der Waals surface area (Å²) in [6.45, 7) is 11.2. The van der Waals surface area contributed by atoms with E-state index in [0.717, 1.165) is 52.4 Å². The predicted octanol–water partition coefficient (Wildman–Crippen LogP) is 0.969. The number of likely N-dealkylation sites (N-methyl/N-ethyl adjacent to an activating group) is 1. The van der Waals surface area contributed by atoms with Crippen molar-refractivity contribution in [3.05, 3.63) is 0 Å². The third-order valence-corrected chi connectivity index (χ3v) is 3.49. The summed E-state index contributed by atoms with van der Waals surface area (Å²) in [4.78, 5) is 2.45. The zero-order valence-corrected chi connectivity index (χ0v) is 11.6. The van der Waals surface area contributed by atoms with Crippen LogP contribution < -0.4 is 5.32 Å². The Morgan fingerprint density at radius 1 is 1.41 bits per heavy atom. The number of hydrogen-bond acceptors (Lipinski definition) is 4. The van der Waals surface area contributed by atoms with Crippen LogP contribution in [0.2, 0.25) is 0 Å². The standard InChI is InChI=1S/C13H28N2O2/c1-4-14-13-6-8-17-11-12(13)10-15(5-2)7-9-16-3/h12-14H,4-11H2,1-3H3. The molecule has 0 aromatic heterocycles. The topological polar surface area (TPSA) is 33.7 Å². The lowest BCUT2D eigenvalue weighted by atomic mass is 9.95. The quantitative estimate of drug-likeness (QED) is 0.690. The minimum Gasteiger partial charge on any atom is -0.383 e. The van der Waals surface area contributed by atoms with Crippen molar-refractivity contribution in [3.8, 4) is 0 Å². The number of nitrogens with one attached hydrogen (secondary N) is 1. The summed E-state index contributed by atoms with van der Waals surface area (Å²) >= 11 is 0. The number of nitrogens with zero attached hydrogens (tertiary/aromatic N) is 1. The normalized spacial score (nSPS) is 25.4. The molecule has 1 aliphatic rings. The molecule has 1 fully saturated rings. The van der Waals surface area contributed by atoms with E-state index in [2.05, 4.69) is 24.1 Å². The maximum Gasteiger partial charge on any atom is 0.0589 e. The summed E-state index contributed by atoms with van der Waals surface area (Å²) in [7, 11) is 1.76. The Bertz CT molecular complexity index is 188. The van der Waals surface area contributed by atoms with Crippen molar-refractivity contribution in [3.63, 3.8) is 0 Å². The molecule has 0 aliphatic carbocycles. The van der Waals surface area contributed by atoms with Gasteiger partial charge >= 0.3 is 0 Å². The van der Waals surface area contributed by atoms with Crippen molar-refractivity contribution in [2.24, 2.45) is 5.92 Å². The van der Waals surface area contributed by atoms with Crippen LogP contribution in [0.15, 0.2) is 0 Å². The van der Waals surface area contributed by atoms with Crippen LogP contribution in [0.4, 0.5) is 0 Å². The van der Waals surface area contributed by atoms with E-state index in [0.29, 0.717) is 12.0 Å².